The quantitative estimate of drug-likeness (QED) is 0.862. The first-order valence-corrected chi connectivity index (χ1v) is 8.32. The number of aromatic nitrogens is 1. The second-order valence-corrected chi connectivity index (χ2v) is 7.93. The maximum atomic E-state index is 11.8. The Morgan fingerprint density at radius 1 is 1.59 bits per heavy atom. The van der Waals surface area contributed by atoms with Crippen molar-refractivity contribution < 1.29 is 8.42 Å². The van der Waals surface area contributed by atoms with Gasteiger partial charge in [0.25, 0.3) is 0 Å². The molecule has 6 heteroatoms. The van der Waals surface area contributed by atoms with Crippen molar-refractivity contribution in [2.75, 3.05) is 5.75 Å². The fourth-order valence-corrected chi connectivity index (χ4v) is 4.16. The smallest absolute Gasteiger partial charge is 0.212 e. The van der Waals surface area contributed by atoms with Crippen molar-refractivity contribution in [3.8, 4) is 0 Å². The third-order valence-electron chi connectivity index (χ3n) is 3.04. The van der Waals surface area contributed by atoms with Crippen LogP contribution >= 0.6 is 11.3 Å². The fraction of sp³-hybridized carbons (Fsp3) is 0.727. The molecule has 96 valence electrons. The molecule has 1 aliphatic carbocycles. The highest BCUT2D eigenvalue weighted by Crippen LogP contribution is 2.36. The van der Waals surface area contributed by atoms with Crippen LogP contribution in [0, 0.1) is 18.8 Å². The number of rotatable bonds is 6. The summed E-state index contributed by atoms with van der Waals surface area (Å²) in [7, 11) is -3.15. The molecule has 1 N–H and O–H groups in total. The van der Waals surface area contributed by atoms with Crippen LogP contribution in [0.25, 0.3) is 0 Å². The van der Waals surface area contributed by atoms with Crippen molar-refractivity contribution in [3.05, 3.63) is 16.1 Å². The van der Waals surface area contributed by atoms with Crippen molar-refractivity contribution in [1.82, 2.24) is 9.71 Å². The van der Waals surface area contributed by atoms with Crippen molar-refractivity contribution in [3.63, 3.8) is 0 Å². The first kappa shape index (κ1) is 13.0. The van der Waals surface area contributed by atoms with E-state index < -0.39 is 10.0 Å². The standard InChI is InChI=1S/C11H18N2O2S2/c1-8(10-3-4-10)7-17(14,15)13-6-11-5-12-9(2)16-11/h5,8,10,13H,3-4,6-7H2,1-2H3. The van der Waals surface area contributed by atoms with Gasteiger partial charge in [0, 0.05) is 17.6 Å². The Balaban J connectivity index is 1.84. The first-order valence-electron chi connectivity index (χ1n) is 5.85. The van der Waals surface area contributed by atoms with Gasteiger partial charge in [0.2, 0.25) is 10.0 Å². The van der Waals surface area contributed by atoms with Crippen LogP contribution in [0.4, 0.5) is 0 Å². The maximum Gasteiger partial charge on any atom is 0.212 e. The molecule has 1 unspecified atom stereocenters. The van der Waals surface area contributed by atoms with Gasteiger partial charge in [-0.2, -0.15) is 0 Å². The van der Waals surface area contributed by atoms with Crippen molar-refractivity contribution >= 4 is 21.4 Å². The minimum absolute atomic E-state index is 0.245. The predicted octanol–water partition coefficient (Wildman–Crippen LogP) is 1.92. The normalized spacial score (nSPS) is 18.2. The molecule has 0 saturated heterocycles. The van der Waals surface area contributed by atoms with Crippen LogP contribution in [0.1, 0.15) is 29.7 Å². The first-order chi connectivity index (χ1) is 7.96. The van der Waals surface area contributed by atoms with Gasteiger partial charge in [-0.25, -0.2) is 18.1 Å². The van der Waals surface area contributed by atoms with E-state index in [0.717, 1.165) is 9.88 Å². The number of aryl methyl sites for hydroxylation is 1. The van der Waals surface area contributed by atoms with E-state index in [9.17, 15) is 8.42 Å². The van der Waals surface area contributed by atoms with Gasteiger partial charge in [-0.15, -0.1) is 11.3 Å². The molecule has 1 aromatic heterocycles. The van der Waals surface area contributed by atoms with E-state index in [1.807, 2.05) is 13.8 Å². The van der Waals surface area contributed by atoms with E-state index in [1.165, 1.54) is 24.2 Å². The van der Waals surface area contributed by atoms with E-state index in [0.29, 0.717) is 12.5 Å². The molecule has 1 fully saturated rings. The van der Waals surface area contributed by atoms with Gasteiger partial charge in [0.05, 0.1) is 10.8 Å². The molecular weight excluding hydrogens is 256 g/mol. The molecule has 0 aromatic carbocycles. The Morgan fingerprint density at radius 3 is 2.82 bits per heavy atom. The van der Waals surface area contributed by atoms with Crippen LogP contribution in [0.3, 0.4) is 0 Å². The zero-order valence-corrected chi connectivity index (χ0v) is 11.8. The summed E-state index contributed by atoms with van der Waals surface area (Å²) < 4.78 is 26.3. The van der Waals surface area contributed by atoms with Crippen LogP contribution in [-0.4, -0.2) is 19.2 Å². The van der Waals surface area contributed by atoms with Crippen LogP contribution in [0.2, 0.25) is 0 Å². The molecule has 0 aliphatic heterocycles. The topological polar surface area (TPSA) is 59.1 Å². The van der Waals surface area contributed by atoms with Crippen LogP contribution in [-0.2, 0) is 16.6 Å². The van der Waals surface area contributed by atoms with Gasteiger partial charge >= 0.3 is 0 Å². The molecule has 1 heterocycles. The zero-order valence-electron chi connectivity index (χ0n) is 10.1. The number of nitrogens with zero attached hydrogens (tertiary/aromatic N) is 1. The lowest BCUT2D eigenvalue weighted by molar-refractivity contribution is 0.528. The molecule has 1 aromatic rings. The Labute approximate surface area is 107 Å². The molecule has 0 bridgehead atoms. The number of hydrogen-bond acceptors (Lipinski definition) is 4. The van der Waals surface area contributed by atoms with Crippen molar-refractivity contribution in [1.29, 1.82) is 0 Å². The van der Waals surface area contributed by atoms with Gasteiger partial charge in [0.1, 0.15) is 0 Å². The van der Waals surface area contributed by atoms with Crippen LogP contribution in [0.5, 0.6) is 0 Å². The summed E-state index contributed by atoms with van der Waals surface area (Å²) in [5.74, 6) is 1.14. The third-order valence-corrected chi connectivity index (χ3v) is 5.51. The predicted molar refractivity (Wildman–Crippen MR) is 69.4 cm³/mol. The summed E-state index contributed by atoms with van der Waals surface area (Å²) >= 11 is 1.53. The average molecular weight is 274 g/mol. The highest BCUT2D eigenvalue weighted by atomic mass is 32.2. The minimum Gasteiger partial charge on any atom is -0.250 e. The third kappa shape index (κ3) is 4.04. The number of nitrogens with one attached hydrogen (secondary N) is 1. The molecule has 1 saturated carbocycles. The lowest BCUT2D eigenvalue weighted by Crippen LogP contribution is -2.29. The molecule has 2 rings (SSSR count). The van der Waals surface area contributed by atoms with Gasteiger partial charge in [-0.1, -0.05) is 6.92 Å². The SMILES string of the molecule is Cc1ncc(CNS(=O)(=O)CC(C)C2CC2)s1. The molecule has 0 radical (unpaired) electrons. The molecular formula is C11H18N2O2S2. The van der Waals surface area contributed by atoms with E-state index in [1.54, 1.807) is 6.20 Å². The summed E-state index contributed by atoms with van der Waals surface area (Å²) in [5, 5.41) is 0.963. The Bertz CT molecular complexity index is 477. The zero-order chi connectivity index (χ0) is 12.5. The van der Waals surface area contributed by atoms with Crippen molar-refractivity contribution in [2.24, 2.45) is 11.8 Å². The molecule has 17 heavy (non-hydrogen) atoms. The van der Waals surface area contributed by atoms with E-state index in [2.05, 4.69) is 9.71 Å². The Kier molecular flexibility index (Phi) is 3.85. The highest BCUT2D eigenvalue weighted by Gasteiger charge is 2.31. The van der Waals surface area contributed by atoms with Gasteiger partial charge in [-0.05, 0) is 31.6 Å². The number of sulfonamides is 1. The fourth-order valence-electron chi connectivity index (χ4n) is 1.87. The summed E-state index contributed by atoms with van der Waals surface area (Å²) in [6, 6.07) is 0. The highest BCUT2D eigenvalue weighted by molar-refractivity contribution is 7.89. The Hall–Kier alpha value is -0.460. The second kappa shape index (κ2) is 5.04. The lowest BCUT2D eigenvalue weighted by Gasteiger charge is -2.11. The van der Waals surface area contributed by atoms with Crippen LogP contribution in [0.15, 0.2) is 6.20 Å². The Morgan fingerprint density at radius 2 is 2.29 bits per heavy atom. The number of thiazole rings is 1. The van der Waals surface area contributed by atoms with E-state index >= 15 is 0 Å². The van der Waals surface area contributed by atoms with Crippen LogP contribution < -0.4 is 4.72 Å². The maximum absolute atomic E-state index is 11.8. The van der Waals surface area contributed by atoms with Crippen molar-refractivity contribution in [2.45, 2.75) is 33.2 Å². The average Bonchev–Trinajstić information content (AvgIpc) is 3.00. The molecule has 1 aliphatic rings. The number of hydrogen-bond donors (Lipinski definition) is 1. The lowest BCUT2D eigenvalue weighted by atomic mass is 10.1. The van der Waals surface area contributed by atoms with E-state index in [-0.39, 0.29) is 11.7 Å². The molecule has 0 spiro atoms. The summed E-state index contributed by atoms with van der Waals surface area (Å²) in [6.07, 6.45) is 4.10. The van der Waals surface area contributed by atoms with Gasteiger partial charge in [-0.3, -0.25) is 0 Å². The summed E-state index contributed by atoms with van der Waals surface area (Å²) in [5.41, 5.74) is 0. The molecule has 1 atom stereocenters. The summed E-state index contributed by atoms with van der Waals surface area (Å²) in [6.45, 7) is 4.30. The molecule has 4 nitrogen and oxygen atoms in total. The second-order valence-electron chi connectivity index (χ2n) is 4.76. The van der Waals surface area contributed by atoms with Gasteiger partial charge in [0.15, 0.2) is 0 Å². The van der Waals surface area contributed by atoms with E-state index in [4.69, 9.17) is 0 Å². The summed E-state index contributed by atoms with van der Waals surface area (Å²) in [4.78, 5) is 5.06. The monoisotopic (exact) mass is 274 g/mol. The largest absolute Gasteiger partial charge is 0.250 e. The van der Waals surface area contributed by atoms with Gasteiger partial charge < -0.3 is 0 Å². The molecule has 0 amide bonds. The minimum atomic E-state index is -3.15.